The number of amides is 2. The van der Waals surface area contributed by atoms with Crippen LogP contribution in [0.2, 0.25) is 0 Å². The van der Waals surface area contributed by atoms with Crippen molar-refractivity contribution < 1.29 is 19.4 Å². The fourth-order valence-electron chi connectivity index (χ4n) is 2.17. The number of hydrogen-bond donors (Lipinski definition) is 2. The highest BCUT2D eigenvalue weighted by molar-refractivity contribution is 7.13. The van der Waals surface area contributed by atoms with Gasteiger partial charge in [0, 0.05) is 19.7 Å². The van der Waals surface area contributed by atoms with E-state index in [1.165, 1.54) is 0 Å². The molecule has 2 amide bonds. The topological polar surface area (TPSA) is 91.8 Å². The Balaban J connectivity index is 1.91. The fourth-order valence-corrected chi connectivity index (χ4v) is 3.01. The Labute approximate surface area is 126 Å². The second kappa shape index (κ2) is 6.86. The summed E-state index contributed by atoms with van der Waals surface area (Å²) in [4.78, 5) is 29.2. The number of nitrogens with one attached hydrogen (secondary N) is 1. The molecule has 2 rings (SSSR count). The van der Waals surface area contributed by atoms with E-state index >= 15 is 0 Å². The average Bonchev–Trinajstić information content (AvgIpc) is 2.66. The smallest absolute Gasteiger partial charge is 0.347 e. The zero-order valence-corrected chi connectivity index (χ0v) is 12.9. The third-order valence-corrected chi connectivity index (χ3v) is 4.31. The lowest BCUT2D eigenvalue weighted by atomic mass is 10.3. The number of hydrogen-bond acceptors (Lipinski definition) is 5. The Hall–Kier alpha value is -1.67. The predicted octanol–water partition coefficient (Wildman–Crippen LogP) is 1.47. The molecule has 1 saturated heterocycles. The number of thiazole rings is 1. The number of carbonyl (C=O) groups is 2. The van der Waals surface area contributed by atoms with Gasteiger partial charge in [-0.1, -0.05) is 0 Å². The lowest BCUT2D eigenvalue weighted by molar-refractivity contribution is 0.0700. The number of ether oxygens (including phenoxy) is 1. The van der Waals surface area contributed by atoms with Crippen molar-refractivity contribution in [2.75, 3.05) is 19.7 Å². The van der Waals surface area contributed by atoms with Gasteiger partial charge < -0.3 is 20.1 Å². The predicted molar refractivity (Wildman–Crippen MR) is 77.7 cm³/mol. The highest BCUT2D eigenvalue weighted by Crippen LogP contribution is 2.17. The summed E-state index contributed by atoms with van der Waals surface area (Å²) in [6.45, 7) is 5.71. The summed E-state index contributed by atoms with van der Waals surface area (Å²) in [5.74, 6) is -0.985. The van der Waals surface area contributed by atoms with E-state index in [1.54, 1.807) is 11.8 Å². The molecule has 7 nitrogen and oxygen atoms in total. The van der Waals surface area contributed by atoms with E-state index < -0.39 is 5.97 Å². The third kappa shape index (κ3) is 4.15. The molecule has 0 aromatic carbocycles. The van der Waals surface area contributed by atoms with E-state index in [-0.39, 0.29) is 23.6 Å². The summed E-state index contributed by atoms with van der Waals surface area (Å²) in [6.07, 6.45) is 0.844. The first-order valence-electron chi connectivity index (χ1n) is 6.81. The molecule has 1 aliphatic rings. The van der Waals surface area contributed by atoms with Gasteiger partial charge in [0.15, 0.2) is 0 Å². The number of nitrogens with zero attached hydrogens (tertiary/aromatic N) is 2. The molecule has 8 heteroatoms. The first kappa shape index (κ1) is 15.7. The van der Waals surface area contributed by atoms with Crippen LogP contribution in [0, 0.1) is 6.92 Å². The number of aromatic carboxylic acids is 1. The first-order valence-corrected chi connectivity index (χ1v) is 7.63. The minimum Gasteiger partial charge on any atom is -0.477 e. The molecular formula is C13H19N3O4S. The van der Waals surface area contributed by atoms with Gasteiger partial charge in [0.2, 0.25) is 0 Å². The fraction of sp³-hybridized carbons (Fsp3) is 0.615. The molecule has 0 aliphatic carbocycles. The van der Waals surface area contributed by atoms with E-state index in [0.717, 1.165) is 17.8 Å². The summed E-state index contributed by atoms with van der Waals surface area (Å²) in [7, 11) is 0. The summed E-state index contributed by atoms with van der Waals surface area (Å²) >= 11 is 1.09. The normalized spacial score (nSPS) is 19.1. The van der Waals surface area contributed by atoms with Gasteiger partial charge in [-0.05, 0) is 20.3 Å². The molecule has 1 atom stereocenters. The minimum atomic E-state index is -0.985. The Morgan fingerprint density at radius 2 is 2.33 bits per heavy atom. The monoisotopic (exact) mass is 313 g/mol. The van der Waals surface area contributed by atoms with E-state index in [4.69, 9.17) is 9.84 Å². The third-order valence-electron chi connectivity index (χ3n) is 3.17. The maximum absolute atomic E-state index is 12.1. The van der Waals surface area contributed by atoms with E-state index in [1.807, 2.05) is 6.92 Å². The molecule has 1 aromatic heterocycles. The summed E-state index contributed by atoms with van der Waals surface area (Å²) < 4.78 is 5.49. The van der Waals surface area contributed by atoms with E-state index in [2.05, 4.69) is 10.3 Å². The first-order chi connectivity index (χ1) is 9.97. The molecule has 116 valence electrons. The Kier molecular flexibility index (Phi) is 5.13. The van der Waals surface area contributed by atoms with E-state index in [0.29, 0.717) is 30.4 Å². The average molecular weight is 313 g/mol. The van der Waals surface area contributed by atoms with Gasteiger partial charge in [-0.3, -0.25) is 0 Å². The maximum atomic E-state index is 12.1. The van der Waals surface area contributed by atoms with Crippen LogP contribution in [-0.2, 0) is 11.3 Å². The molecular weight excluding hydrogens is 294 g/mol. The maximum Gasteiger partial charge on any atom is 0.347 e. The van der Waals surface area contributed by atoms with Crippen molar-refractivity contribution in [3.8, 4) is 0 Å². The van der Waals surface area contributed by atoms with Crippen LogP contribution in [0.5, 0.6) is 0 Å². The zero-order chi connectivity index (χ0) is 15.4. The molecule has 2 N–H and O–H groups in total. The summed E-state index contributed by atoms with van der Waals surface area (Å²) in [6, 6.07) is -0.169. The van der Waals surface area contributed by atoms with Crippen molar-refractivity contribution in [1.29, 1.82) is 0 Å². The summed E-state index contributed by atoms with van der Waals surface area (Å²) in [5.41, 5.74) is 0.480. The Bertz CT molecular complexity index is 531. The van der Waals surface area contributed by atoms with Crippen LogP contribution in [0.1, 0.15) is 33.7 Å². The second-order valence-corrected chi connectivity index (χ2v) is 6.05. The number of aryl methyl sites for hydroxylation is 1. The van der Waals surface area contributed by atoms with Crippen LogP contribution in [0.4, 0.5) is 4.79 Å². The van der Waals surface area contributed by atoms with Gasteiger partial charge in [0.05, 0.1) is 18.3 Å². The SMILES string of the molecule is Cc1nc(CNC(=O)N2CCCOC(C)C2)sc1C(=O)O. The van der Waals surface area contributed by atoms with Gasteiger partial charge in [-0.15, -0.1) is 11.3 Å². The van der Waals surface area contributed by atoms with Crippen molar-refractivity contribution >= 4 is 23.3 Å². The lowest BCUT2D eigenvalue weighted by Crippen LogP contribution is -2.42. The van der Waals surface area contributed by atoms with Crippen LogP contribution in [-0.4, -0.2) is 52.8 Å². The minimum absolute atomic E-state index is 0.0268. The number of carboxylic acids is 1. The van der Waals surface area contributed by atoms with Crippen LogP contribution < -0.4 is 5.32 Å². The highest BCUT2D eigenvalue weighted by Gasteiger charge is 2.20. The number of aromatic nitrogens is 1. The van der Waals surface area contributed by atoms with Crippen molar-refractivity contribution in [2.24, 2.45) is 0 Å². The lowest BCUT2D eigenvalue weighted by Gasteiger charge is -2.22. The largest absolute Gasteiger partial charge is 0.477 e. The molecule has 1 fully saturated rings. The summed E-state index contributed by atoms with van der Waals surface area (Å²) in [5, 5.41) is 12.4. The molecule has 0 spiro atoms. The standard InChI is InChI=1S/C13H19N3O4S/c1-8-7-16(4-3-5-20-8)13(19)14-6-10-15-9(2)11(21-10)12(17)18/h8H,3-7H2,1-2H3,(H,14,19)(H,17,18). The quantitative estimate of drug-likeness (QED) is 0.881. The van der Waals surface area contributed by atoms with Crippen molar-refractivity contribution in [3.05, 3.63) is 15.6 Å². The van der Waals surface area contributed by atoms with Gasteiger partial charge >= 0.3 is 12.0 Å². The van der Waals surface area contributed by atoms with Crippen molar-refractivity contribution in [2.45, 2.75) is 32.9 Å². The van der Waals surface area contributed by atoms with Gasteiger partial charge in [-0.25, -0.2) is 14.6 Å². The van der Waals surface area contributed by atoms with Crippen LogP contribution in [0.25, 0.3) is 0 Å². The second-order valence-electron chi connectivity index (χ2n) is 4.97. The number of urea groups is 1. The zero-order valence-electron chi connectivity index (χ0n) is 12.1. The number of rotatable bonds is 3. The number of carboxylic acid groups (broad SMARTS) is 1. The molecule has 1 aromatic rings. The van der Waals surface area contributed by atoms with Crippen LogP contribution >= 0.6 is 11.3 Å². The molecule has 21 heavy (non-hydrogen) atoms. The molecule has 0 radical (unpaired) electrons. The molecule has 0 saturated carbocycles. The highest BCUT2D eigenvalue weighted by atomic mass is 32.1. The molecule has 1 unspecified atom stereocenters. The Morgan fingerprint density at radius 3 is 3.00 bits per heavy atom. The van der Waals surface area contributed by atoms with Gasteiger partial charge in [0.25, 0.3) is 0 Å². The van der Waals surface area contributed by atoms with Gasteiger partial charge in [0.1, 0.15) is 9.88 Å². The van der Waals surface area contributed by atoms with Crippen molar-refractivity contribution in [1.82, 2.24) is 15.2 Å². The molecule has 2 heterocycles. The van der Waals surface area contributed by atoms with Crippen LogP contribution in [0.3, 0.4) is 0 Å². The molecule has 0 bridgehead atoms. The number of carbonyl (C=O) groups excluding carboxylic acids is 1. The van der Waals surface area contributed by atoms with Gasteiger partial charge in [-0.2, -0.15) is 0 Å². The molecule has 1 aliphatic heterocycles. The van der Waals surface area contributed by atoms with E-state index in [9.17, 15) is 9.59 Å². The Morgan fingerprint density at radius 1 is 1.57 bits per heavy atom. The van der Waals surface area contributed by atoms with Crippen LogP contribution in [0.15, 0.2) is 0 Å². The van der Waals surface area contributed by atoms with Crippen molar-refractivity contribution in [3.63, 3.8) is 0 Å².